The summed E-state index contributed by atoms with van der Waals surface area (Å²) in [6, 6.07) is 12.3. The van der Waals surface area contributed by atoms with Crippen LogP contribution in [0.4, 0.5) is 5.69 Å². The molecule has 0 spiro atoms. The first kappa shape index (κ1) is 14.1. The van der Waals surface area contributed by atoms with Gasteiger partial charge in [0.05, 0.1) is 7.11 Å². The lowest BCUT2D eigenvalue weighted by Crippen LogP contribution is -2.31. The molecule has 1 aliphatic rings. The smallest absolute Gasteiger partial charge is 0.255 e. The minimum absolute atomic E-state index is 0.0956. The Morgan fingerprint density at radius 1 is 1.18 bits per heavy atom. The van der Waals surface area contributed by atoms with E-state index >= 15 is 0 Å². The third kappa shape index (κ3) is 2.79. The molecule has 0 radical (unpaired) electrons. The molecule has 0 aliphatic carbocycles. The highest BCUT2D eigenvalue weighted by atomic mass is 16.5. The maximum Gasteiger partial charge on any atom is 0.255 e. The molecule has 0 fully saturated rings. The largest absolute Gasteiger partial charge is 0.497 e. The molecule has 2 amide bonds. The second-order valence-corrected chi connectivity index (χ2v) is 5.06. The highest BCUT2D eigenvalue weighted by Gasteiger charge is 2.17. The third-order valence-corrected chi connectivity index (χ3v) is 3.64. The Hall–Kier alpha value is -2.82. The Labute approximate surface area is 128 Å². The SMILES string of the molecule is COc1ccc(C(=O)Nc2ccc3c(c2)C(=O)NCC3)cc1. The Balaban J connectivity index is 1.79. The maximum absolute atomic E-state index is 12.2. The molecule has 5 nitrogen and oxygen atoms in total. The van der Waals surface area contributed by atoms with E-state index < -0.39 is 0 Å². The minimum atomic E-state index is -0.223. The second kappa shape index (κ2) is 5.89. The van der Waals surface area contributed by atoms with Crippen LogP contribution in [0.25, 0.3) is 0 Å². The van der Waals surface area contributed by atoms with Crippen molar-refractivity contribution in [3.63, 3.8) is 0 Å². The van der Waals surface area contributed by atoms with Gasteiger partial charge in [-0.25, -0.2) is 0 Å². The quantitative estimate of drug-likeness (QED) is 0.912. The van der Waals surface area contributed by atoms with Gasteiger partial charge in [-0.15, -0.1) is 0 Å². The Morgan fingerprint density at radius 2 is 1.95 bits per heavy atom. The minimum Gasteiger partial charge on any atom is -0.497 e. The fraction of sp³-hybridized carbons (Fsp3) is 0.176. The molecule has 112 valence electrons. The van der Waals surface area contributed by atoms with E-state index in [9.17, 15) is 9.59 Å². The Bertz CT molecular complexity index is 723. The van der Waals surface area contributed by atoms with E-state index in [2.05, 4.69) is 10.6 Å². The average Bonchev–Trinajstić information content (AvgIpc) is 2.55. The zero-order valence-electron chi connectivity index (χ0n) is 12.2. The summed E-state index contributed by atoms with van der Waals surface area (Å²) in [5.74, 6) is 0.377. The number of amides is 2. The van der Waals surface area contributed by atoms with E-state index in [1.807, 2.05) is 12.1 Å². The van der Waals surface area contributed by atoms with Crippen molar-refractivity contribution in [1.29, 1.82) is 0 Å². The number of benzene rings is 2. The number of rotatable bonds is 3. The van der Waals surface area contributed by atoms with Crippen LogP contribution in [-0.4, -0.2) is 25.5 Å². The third-order valence-electron chi connectivity index (χ3n) is 3.64. The van der Waals surface area contributed by atoms with Gasteiger partial charge in [-0.05, 0) is 48.4 Å². The van der Waals surface area contributed by atoms with Crippen LogP contribution in [0.2, 0.25) is 0 Å². The lowest BCUT2D eigenvalue weighted by atomic mass is 10.00. The Kier molecular flexibility index (Phi) is 3.78. The van der Waals surface area contributed by atoms with Gasteiger partial charge in [-0.1, -0.05) is 6.07 Å². The Morgan fingerprint density at radius 3 is 2.68 bits per heavy atom. The van der Waals surface area contributed by atoms with Crippen LogP contribution < -0.4 is 15.4 Å². The molecule has 0 saturated carbocycles. The number of carbonyl (C=O) groups excluding carboxylic acids is 2. The van der Waals surface area contributed by atoms with Gasteiger partial charge in [-0.2, -0.15) is 0 Å². The molecular weight excluding hydrogens is 280 g/mol. The summed E-state index contributed by atoms with van der Waals surface area (Å²) in [5.41, 5.74) is 2.77. The average molecular weight is 296 g/mol. The number of hydrogen-bond acceptors (Lipinski definition) is 3. The van der Waals surface area contributed by atoms with Crippen LogP contribution in [0.5, 0.6) is 5.75 Å². The predicted molar refractivity (Wildman–Crippen MR) is 83.4 cm³/mol. The van der Waals surface area contributed by atoms with Gasteiger partial charge in [0.2, 0.25) is 0 Å². The topological polar surface area (TPSA) is 67.4 Å². The maximum atomic E-state index is 12.2. The zero-order chi connectivity index (χ0) is 15.5. The van der Waals surface area contributed by atoms with E-state index in [0.29, 0.717) is 29.1 Å². The molecule has 1 aliphatic heterocycles. The predicted octanol–water partition coefficient (Wildman–Crippen LogP) is 2.23. The van der Waals surface area contributed by atoms with Crippen LogP contribution in [0.15, 0.2) is 42.5 Å². The van der Waals surface area contributed by atoms with Crippen LogP contribution in [0.3, 0.4) is 0 Å². The summed E-state index contributed by atoms with van der Waals surface area (Å²) in [6.45, 7) is 0.656. The van der Waals surface area contributed by atoms with Gasteiger partial charge in [0.25, 0.3) is 11.8 Å². The van der Waals surface area contributed by atoms with Gasteiger partial charge in [0, 0.05) is 23.4 Å². The van der Waals surface area contributed by atoms with E-state index in [1.165, 1.54) is 0 Å². The van der Waals surface area contributed by atoms with E-state index in [1.54, 1.807) is 37.4 Å². The van der Waals surface area contributed by atoms with Crippen molar-refractivity contribution in [1.82, 2.24) is 5.32 Å². The van der Waals surface area contributed by atoms with Crippen molar-refractivity contribution < 1.29 is 14.3 Å². The molecule has 0 atom stereocenters. The van der Waals surface area contributed by atoms with Crippen molar-refractivity contribution in [2.24, 2.45) is 0 Å². The number of hydrogen-bond donors (Lipinski definition) is 2. The van der Waals surface area contributed by atoms with Gasteiger partial charge in [0.15, 0.2) is 0 Å². The van der Waals surface area contributed by atoms with Crippen LogP contribution >= 0.6 is 0 Å². The molecule has 2 N–H and O–H groups in total. The molecule has 0 unspecified atom stereocenters. The van der Waals surface area contributed by atoms with E-state index in [0.717, 1.165) is 12.0 Å². The lowest BCUT2D eigenvalue weighted by Gasteiger charge is -2.17. The highest BCUT2D eigenvalue weighted by molar-refractivity contribution is 6.05. The van der Waals surface area contributed by atoms with Crippen LogP contribution in [-0.2, 0) is 6.42 Å². The van der Waals surface area contributed by atoms with Gasteiger partial charge >= 0.3 is 0 Å². The first-order valence-corrected chi connectivity index (χ1v) is 7.04. The summed E-state index contributed by atoms with van der Waals surface area (Å²) in [6.07, 6.45) is 0.813. The summed E-state index contributed by atoms with van der Waals surface area (Å²) in [7, 11) is 1.58. The molecule has 22 heavy (non-hydrogen) atoms. The van der Waals surface area contributed by atoms with Crippen molar-refractivity contribution in [3.8, 4) is 5.75 Å². The van der Waals surface area contributed by atoms with Crippen molar-refractivity contribution in [2.75, 3.05) is 19.0 Å². The summed E-state index contributed by atoms with van der Waals surface area (Å²) in [5, 5.41) is 5.60. The van der Waals surface area contributed by atoms with Gasteiger partial charge < -0.3 is 15.4 Å². The fourth-order valence-corrected chi connectivity index (χ4v) is 2.44. The summed E-state index contributed by atoms with van der Waals surface area (Å²) < 4.78 is 5.07. The summed E-state index contributed by atoms with van der Waals surface area (Å²) >= 11 is 0. The van der Waals surface area contributed by atoms with Gasteiger partial charge in [0.1, 0.15) is 5.75 Å². The number of methoxy groups -OCH3 is 1. The number of carbonyl (C=O) groups is 2. The van der Waals surface area contributed by atoms with E-state index in [-0.39, 0.29) is 11.8 Å². The number of ether oxygens (including phenoxy) is 1. The molecular formula is C17H16N2O3. The zero-order valence-corrected chi connectivity index (χ0v) is 12.2. The molecule has 1 heterocycles. The van der Waals surface area contributed by atoms with Gasteiger partial charge in [-0.3, -0.25) is 9.59 Å². The molecule has 3 rings (SSSR count). The molecule has 0 saturated heterocycles. The standard InChI is InChI=1S/C17H16N2O3/c1-22-14-6-3-12(4-7-14)16(20)19-13-5-2-11-8-9-18-17(21)15(11)10-13/h2-7,10H,8-9H2,1H3,(H,18,21)(H,19,20). The lowest BCUT2D eigenvalue weighted by molar-refractivity contribution is 0.0944. The fourth-order valence-electron chi connectivity index (χ4n) is 2.44. The molecule has 0 aromatic heterocycles. The molecule has 0 bridgehead atoms. The van der Waals surface area contributed by atoms with Crippen LogP contribution in [0.1, 0.15) is 26.3 Å². The normalized spacial score (nSPS) is 13.0. The second-order valence-electron chi connectivity index (χ2n) is 5.06. The monoisotopic (exact) mass is 296 g/mol. The first-order chi connectivity index (χ1) is 10.7. The first-order valence-electron chi connectivity index (χ1n) is 7.04. The van der Waals surface area contributed by atoms with Crippen molar-refractivity contribution in [2.45, 2.75) is 6.42 Å². The molecule has 5 heteroatoms. The van der Waals surface area contributed by atoms with Crippen molar-refractivity contribution >= 4 is 17.5 Å². The highest BCUT2D eigenvalue weighted by Crippen LogP contribution is 2.20. The number of nitrogens with one attached hydrogen (secondary N) is 2. The number of fused-ring (bicyclic) bond motifs is 1. The number of anilines is 1. The molecule has 2 aromatic carbocycles. The summed E-state index contributed by atoms with van der Waals surface area (Å²) in [4.78, 5) is 24.0. The van der Waals surface area contributed by atoms with Crippen molar-refractivity contribution in [3.05, 3.63) is 59.2 Å². The van der Waals surface area contributed by atoms with Crippen LogP contribution in [0, 0.1) is 0 Å². The van der Waals surface area contributed by atoms with E-state index in [4.69, 9.17) is 4.74 Å². The molecule has 2 aromatic rings.